The molecule has 0 aliphatic carbocycles. The SMILES string of the molecule is CONc1ccccc1N. The number of hydrogen-bond donors (Lipinski definition) is 2. The molecule has 0 saturated heterocycles. The zero-order chi connectivity index (χ0) is 7.40. The zero-order valence-electron chi connectivity index (χ0n) is 5.79. The van der Waals surface area contributed by atoms with Crippen molar-refractivity contribution in [3.05, 3.63) is 24.3 Å². The number of hydrogen-bond acceptors (Lipinski definition) is 3. The molecule has 0 aliphatic rings. The molecule has 0 heterocycles. The molecule has 1 rings (SSSR count). The molecule has 0 bridgehead atoms. The van der Waals surface area contributed by atoms with Gasteiger partial charge in [0.25, 0.3) is 0 Å². The summed E-state index contributed by atoms with van der Waals surface area (Å²) >= 11 is 0. The van der Waals surface area contributed by atoms with Crippen LogP contribution in [0.3, 0.4) is 0 Å². The number of nitrogens with two attached hydrogens (primary N) is 1. The van der Waals surface area contributed by atoms with Gasteiger partial charge < -0.3 is 5.73 Å². The Morgan fingerprint density at radius 2 is 2.10 bits per heavy atom. The summed E-state index contributed by atoms with van der Waals surface area (Å²) in [7, 11) is 1.55. The average molecular weight is 138 g/mol. The quantitative estimate of drug-likeness (QED) is 0.477. The van der Waals surface area contributed by atoms with E-state index in [9.17, 15) is 0 Å². The van der Waals surface area contributed by atoms with Crippen molar-refractivity contribution in [2.24, 2.45) is 0 Å². The summed E-state index contributed by atoms with van der Waals surface area (Å²) in [5, 5.41) is 0. The first-order valence-electron chi connectivity index (χ1n) is 2.98. The molecular formula is C7H10N2O. The third-order valence-corrected chi connectivity index (χ3v) is 1.17. The fraction of sp³-hybridized carbons (Fsp3) is 0.143. The molecule has 0 aromatic heterocycles. The lowest BCUT2D eigenvalue weighted by Crippen LogP contribution is -1.98. The van der Waals surface area contributed by atoms with E-state index in [4.69, 9.17) is 5.73 Å². The van der Waals surface area contributed by atoms with E-state index in [0.29, 0.717) is 5.69 Å². The Kier molecular flexibility index (Phi) is 2.12. The van der Waals surface area contributed by atoms with Crippen LogP contribution < -0.4 is 11.2 Å². The van der Waals surface area contributed by atoms with Gasteiger partial charge in [0.1, 0.15) is 0 Å². The first-order chi connectivity index (χ1) is 4.84. The van der Waals surface area contributed by atoms with Gasteiger partial charge in [-0.1, -0.05) is 12.1 Å². The molecule has 3 N–H and O–H groups in total. The van der Waals surface area contributed by atoms with Crippen molar-refractivity contribution in [3.63, 3.8) is 0 Å². The van der Waals surface area contributed by atoms with Gasteiger partial charge in [-0.3, -0.25) is 10.3 Å². The van der Waals surface area contributed by atoms with Crippen LogP contribution in [0.15, 0.2) is 24.3 Å². The highest BCUT2D eigenvalue weighted by Crippen LogP contribution is 2.15. The summed E-state index contributed by atoms with van der Waals surface area (Å²) in [6, 6.07) is 7.41. The van der Waals surface area contributed by atoms with E-state index < -0.39 is 0 Å². The second-order valence-corrected chi connectivity index (χ2v) is 1.89. The molecule has 0 amide bonds. The highest BCUT2D eigenvalue weighted by atomic mass is 16.6. The maximum atomic E-state index is 5.56. The Morgan fingerprint density at radius 3 is 2.70 bits per heavy atom. The molecule has 0 spiro atoms. The normalized spacial score (nSPS) is 9.30. The highest BCUT2D eigenvalue weighted by molar-refractivity contribution is 5.64. The highest BCUT2D eigenvalue weighted by Gasteiger charge is 1.92. The van der Waals surface area contributed by atoms with Crippen LogP contribution in [0, 0.1) is 0 Å². The van der Waals surface area contributed by atoms with Crippen LogP contribution in [0.1, 0.15) is 0 Å². The van der Waals surface area contributed by atoms with Gasteiger partial charge in [-0.05, 0) is 12.1 Å². The summed E-state index contributed by atoms with van der Waals surface area (Å²) in [5.74, 6) is 0. The molecule has 0 atom stereocenters. The van der Waals surface area contributed by atoms with Gasteiger partial charge in [-0.15, -0.1) is 0 Å². The summed E-state index contributed by atoms with van der Waals surface area (Å²) < 4.78 is 0. The van der Waals surface area contributed by atoms with E-state index in [2.05, 4.69) is 10.3 Å². The number of nitrogens with one attached hydrogen (secondary N) is 1. The molecule has 0 fully saturated rings. The summed E-state index contributed by atoms with van der Waals surface area (Å²) in [6.07, 6.45) is 0. The van der Waals surface area contributed by atoms with E-state index in [1.807, 2.05) is 18.2 Å². The van der Waals surface area contributed by atoms with Crippen LogP contribution in [0.5, 0.6) is 0 Å². The minimum Gasteiger partial charge on any atom is -0.397 e. The third-order valence-electron chi connectivity index (χ3n) is 1.17. The van der Waals surface area contributed by atoms with Crippen LogP contribution in [0.4, 0.5) is 11.4 Å². The first-order valence-corrected chi connectivity index (χ1v) is 2.98. The van der Waals surface area contributed by atoms with E-state index in [-0.39, 0.29) is 0 Å². The van der Waals surface area contributed by atoms with Crippen molar-refractivity contribution in [1.29, 1.82) is 0 Å². The van der Waals surface area contributed by atoms with Crippen LogP contribution in [-0.2, 0) is 4.84 Å². The van der Waals surface area contributed by atoms with Gasteiger partial charge in [-0.2, -0.15) is 0 Å². The van der Waals surface area contributed by atoms with Gasteiger partial charge >= 0.3 is 0 Å². The van der Waals surface area contributed by atoms with E-state index >= 15 is 0 Å². The van der Waals surface area contributed by atoms with E-state index in [0.717, 1.165) is 5.69 Å². The lowest BCUT2D eigenvalue weighted by Gasteiger charge is -2.04. The molecule has 54 valence electrons. The van der Waals surface area contributed by atoms with Crippen LogP contribution in [0.2, 0.25) is 0 Å². The Morgan fingerprint density at radius 1 is 1.40 bits per heavy atom. The maximum Gasteiger partial charge on any atom is 0.0833 e. The lowest BCUT2D eigenvalue weighted by molar-refractivity contribution is 0.271. The maximum absolute atomic E-state index is 5.56. The Balaban J connectivity index is 2.81. The molecule has 0 aliphatic heterocycles. The number of nitrogen functional groups attached to an aromatic ring is 1. The molecule has 0 unspecified atom stereocenters. The Hall–Kier alpha value is -1.22. The first kappa shape index (κ1) is 6.89. The zero-order valence-corrected chi connectivity index (χ0v) is 5.79. The standard InChI is InChI=1S/C7H10N2O/c1-10-9-7-5-3-2-4-6(7)8/h2-5,9H,8H2,1H3. The van der Waals surface area contributed by atoms with Gasteiger partial charge in [0, 0.05) is 0 Å². The topological polar surface area (TPSA) is 47.3 Å². The number of benzene rings is 1. The fourth-order valence-electron chi connectivity index (χ4n) is 0.700. The van der Waals surface area contributed by atoms with Gasteiger partial charge in [0.05, 0.1) is 18.5 Å². The number of para-hydroxylation sites is 2. The van der Waals surface area contributed by atoms with E-state index in [1.165, 1.54) is 0 Å². The second-order valence-electron chi connectivity index (χ2n) is 1.89. The largest absolute Gasteiger partial charge is 0.397 e. The molecule has 0 saturated carbocycles. The van der Waals surface area contributed by atoms with Crippen molar-refractivity contribution in [2.45, 2.75) is 0 Å². The Labute approximate surface area is 59.8 Å². The van der Waals surface area contributed by atoms with Gasteiger partial charge in [0.2, 0.25) is 0 Å². The number of rotatable bonds is 2. The molecular weight excluding hydrogens is 128 g/mol. The molecule has 10 heavy (non-hydrogen) atoms. The molecule has 0 radical (unpaired) electrons. The molecule has 3 heteroatoms. The summed E-state index contributed by atoms with van der Waals surface area (Å²) in [5.41, 5.74) is 9.70. The number of anilines is 2. The third kappa shape index (κ3) is 1.39. The lowest BCUT2D eigenvalue weighted by atomic mass is 10.3. The van der Waals surface area contributed by atoms with Crippen LogP contribution in [0.25, 0.3) is 0 Å². The van der Waals surface area contributed by atoms with Crippen molar-refractivity contribution in [1.82, 2.24) is 0 Å². The van der Waals surface area contributed by atoms with Crippen molar-refractivity contribution in [3.8, 4) is 0 Å². The fourth-order valence-corrected chi connectivity index (χ4v) is 0.700. The smallest absolute Gasteiger partial charge is 0.0833 e. The monoisotopic (exact) mass is 138 g/mol. The molecule has 1 aromatic carbocycles. The second kappa shape index (κ2) is 3.08. The Bertz CT molecular complexity index is 213. The minimum atomic E-state index is 0.685. The van der Waals surface area contributed by atoms with Crippen molar-refractivity contribution in [2.75, 3.05) is 18.3 Å². The van der Waals surface area contributed by atoms with Crippen LogP contribution in [-0.4, -0.2) is 7.11 Å². The summed E-state index contributed by atoms with van der Waals surface area (Å²) in [4.78, 5) is 4.68. The molecule has 1 aromatic rings. The van der Waals surface area contributed by atoms with Crippen LogP contribution >= 0.6 is 0 Å². The average Bonchev–Trinajstić information content (AvgIpc) is 1.94. The van der Waals surface area contributed by atoms with Crippen molar-refractivity contribution >= 4 is 11.4 Å². The van der Waals surface area contributed by atoms with Crippen molar-refractivity contribution < 1.29 is 4.84 Å². The minimum absolute atomic E-state index is 0.685. The molecule has 3 nitrogen and oxygen atoms in total. The summed E-state index contributed by atoms with van der Waals surface area (Å²) in [6.45, 7) is 0. The predicted molar refractivity (Wildman–Crippen MR) is 41.5 cm³/mol. The van der Waals surface area contributed by atoms with E-state index in [1.54, 1.807) is 13.2 Å². The van der Waals surface area contributed by atoms with Gasteiger partial charge in [-0.25, -0.2) is 0 Å². The van der Waals surface area contributed by atoms with Gasteiger partial charge in [0.15, 0.2) is 0 Å². The predicted octanol–water partition coefficient (Wildman–Crippen LogP) is 1.24.